The molecule has 1 aromatic heterocycles. The lowest BCUT2D eigenvalue weighted by molar-refractivity contribution is -0.150. The normalized spacial score (nSPS) is 23.5. The maximum atomic E-state index is 13.4. The first-order chi connectivity index (χ1) is 14.8. The van der Waals surface area contributed by atoms with Gasteiger partial charge in [0.2, 0.25) is 0 Å². The van der Waals surface area contributed by atoms with E-state index in [2.05, 4.69) is 4.98 Å². The van der Waals surface area contributed by atoms with E-state index >= 15 is 0 Å². The second-order valence-electron chi connectivity index (χ2n) is 8.42. The van der Waals surface area contributed by atoms with Crippen LogP contribution in [-0.4, -0.2) is 28.6 Å². The lowest BCUT2D eigenvalue weighted by Gasteiger charge is -2.36. The van der Waals surface area contributed by atoms with Crippen LogP contribution in [0.3, 0.4) is 0 Å². The van der Waals surface area contributed by atoms with Gasteiger partial charge in [-0.05, 0) is 62.4 Å². The summed E-state index contributed by atoms with van der Waals surface area (Å²) in [6.07, 6.45) is 4.17. The van der Waals surface area contributed by atoms with E-state index in [0.717, 1.165) is 16.8 Å². The molecule has 160 valence electrons. The van der Waals surface area contributed by atoms with Gasteiger partial charge in [0.1, 0.15) is 5.92 Å². The maximum absolute atomic E-state index is 13.4. The third-order valence-electron chi connectivity index (χ3n) is 5.88. The van der Waals surface area contributed by atoms with E-state index < -0.39 is 11.8 Å². The summed E-state index contributed by atoms with van der Waals surface area (Å²) in [6, 6.07) is 11.4. The summed E-state index contributed by atoms with van der Waals surface area (Å²) < 4.78 is 5.54. The molecule has 2 heterocycles. The zero-order chi connectivity index (χ0) is 22.1. The number of pyridine rings is 1. The van der Waals surface area contributed by atoms with E-state index in [4.69, 9.17) is 21.3 Å². The van der Waals surface area contributed by atoms with Crippen LogP contribution in [0.25, 0.3) is 0 Å². The first-order valence-electron chi connectivity index (χ1n) is 10.5. The Balaban J connectivity index is 1.77. The number of halogens is 1. The van der Waals surface area contributed by atoms with Gasteiger partial charge in [0.15, 0.2) is 5.78 Å². The van der Waals surface area contributed by atoms with Crippen molar-refractivity contribution in [3.8, 4) is 0 Å². The van der Waals surface area contributed by atoms with Gasteiger partial charge in [-0.1, -0.05) is 29.8 Å². The first-order valence-corrected chi connectivity index (χ1v) is 10.9. The molecule has 0 saturated carbocycles. The van der Waals surface area contributed by atoms with Gasteiger partial charge in [-0.3, -0.25) is 19.6 Å². The van der Waals surface area contributed by atoms with Crippen molar-refractivity contribution in [1.82, 2.24) is 4.98 Å². The predicted molar refractivity (Wildman–Crippen MR) is 120 cm³/mol. The number of carbonyl (C=O) groups excluding carboxylic acids is 2. The van der Waals surface area contributed by atoms with Crippen LogP contribution in [0.2, 0.25) is 5.02 Å². The Labute approximate surface area is 187 Å². The highest BCUT2D eigenvalue weighted by atomic mass is 35.5. The molecule has 0 amide bonds. The average Bonchev–Trinajstić information content (AvgIpc) is 2.73. The van der Waals surface area contributed by atoms with Crippen molar-refractivity contribution in [3.63, 3.8) is 0 Å². The topological polar surface area (TPSA) is 68.6 Å². The molecule has 0 bridgehead atoms. The van der Waals surface area contributed by atoms with Gasteiger partial charge in [-0.15, -0.1) is 0 Å². The Morgan fingerprint density at radius 2 is 1.87 bits per heavy atom. The van der Waals surface area contributed by atoms with E-state index in [9.17, 15) is 9.59 Å². The van der Waals surface area contributed by atoms with Crippen LogP contribution in [0.15, 0.2) is 65.1 Å². The average molecular weight is 437 g/mol. The Morgan fingerprint density at radius 1 is 1.13 bits per heavy atom. The second kappa shape index (κ2) is 8.75. The second-order valence-corrected chi connectivity index (χ2v) is 8.86. The zero-order valence-electron chi connectivity index (χ0n) is 17.8. The number of esters is 1. The molecule has 3 atom stereocenters. The van der Waals surface area contributed by atoms with Crippen molar-refractivity contribution in [2.75, 3.05) is 0 Å². The number of carbonyl (C=O) groups is 2. The quantitative estimate of drug-likeness (QED) is 0.613. The Bertz CT molecular complexity index is 1060. The summed E-state index contributed by atoms with van der Waals surface area (Å²) in [4.78, 5) is 35.5. The fourth-order valence-electron chi connectivity index (χ4n) is 4.56. The smallest absolute Gasteiger partial charge is 0.315 e. The molecule has 0 fully saturated rings. The number of benzene rings is 1. The Kier molecular flexibility index (Phi) is 6.05. The van der Waals surface area contributed by atoms with Crippen molar-refractivity contribution in [2.45, 2.75) is 51.6 Å². The number of allylic oxidation sites excluding steroid dienone is 2. The fourth-order valence-corrected chi connectivity index (χ4v) is 4.69. The van der Waals surface area contributed by atoms with Crippen LogP contribution >= 0.6 is 11.6 Å². The van der Waals surface area contributed by atoms with Gasteiger partial charge in [-0.25, -0.2) is 0 Å². The molecule has 6 heteroatoms. The molecule has 0 saturated heterocycles. The molecule has 1 unspecified atom stereocenters. The number of aliphatic imine (C=N–C) groups is 1. The number of aromatic nitrogens is 1. The molecule has 5 nitrogen and oxygen atoms in total. The van der Waals surface area contributed by atoms with Gasteiger partial charge in [0.05, 0.1) is 6.10 Å². The molecule has 31 heavy (non-hydrogen) atoms. The number of hydrogen-bond donors (Lipinski definition) is 0. The van der Waals surface area contributed by atoms with Gasteiger partial charge >= 0.3 is 5.97 Å². The molecule has 2 aliphatic rings. The van der Waals surface area contributed by atoms with E-state index in [1.165, 1.54) is 0 Å². The molecule has 4 rings (SSSR count). The van der Waals surface area contributed by atoms with Crippen LogP contribution in [0, 0.1) is 5.92 Å². The number of rotatable bonds is 4. The maximum Gasteiger partial charge on any atom is 0.315 e. The summed E-state index contributed by atoms with van der Waals surface area (Å²) in [5.74, 6) is -1.38. The molecular weight excluding hydrogens is 412 g/mol. The summed E-state index contributed by atoms with van der Waals surface area (Å²) in [7, 11) is 0. The predicted octanol–water partition coefficient (Wildman–Crippen LogP) is 5.26. The Hall–Kier alpha value is -2.79. The van der Waals surface area contributed by atoms with Crippen LogP contribution in [0.4, 0.5) is 0 Å². The first kappa shape index (κ1) is 21.4. The Morgan fingerprint density at radius 3 is 2.52 bits per heavy atom. The summed E-state index contributed by atoms with van der Waals surface area (Å²) >= 11 is 6.03. The van der Waals surface area contributed by atoms with Crippen LogP contribution in [0.1, 0.15) is 56.6 Å². The third-order valence-corrected chi connectivity index (χ3v) is 6.13. The third kappa shape index (κ3) is 4.33. The van der Waals surface area contributed by atoms with E-state index in [-0.39, 0.29) is 23.8 Å². The van der Waals surface area contributed by atoms with E-state index in [1.807, 2.05) is 57.2 Å². The number of nitrogens with zero attached hydrogens (tertiary/aromatic N) is 2. The molecule has 1 aromatic carbocycles. The van der Waals surface area contributed by atoms with Gasteiger partial charge in [0.25, 0.3) is 0 Å². The molecule has 0 spiro atoms. The number of ether oxygens (including phenoxy) is 1. The summed E-state index contributed by atoms with van der Waals surface area (Å²) in [6.45, 7) is 5.48. The van der Waals surface area contributed by atoms with Crippen molar-refractivity contribution in [1.29, 1.82) is 0 Å². The van der Waals surface area contributed by atoms with Crippen molar-refractivity contribution >= 4 is 29.1 Å². The van der Waals surface area contributed by atoms with Crippen LogP contribution in [0.5, 0.6) is 0 Å². The summed E-state index contributed by atoms with van der Waals surface area (Å²) in [5.41, 5.74) is 3.94. The molecule has 1 aliphatic carbocycles. The highest BCUT2D eigenvalue weighted by Crippen LogP contribution is 2.46. The molecule has 0 N–H and O–H groups in total. The van der Waals surface area contributed by atoms with Gasteiger partial charge < -0.3 is 4.74 Å². The highest BCUT2D eigenvalue weighted by molar-refractivity contribution is 6.30. The minimum Gasteiger partial charge on any atom is -0.462 e. The van der Waals surface area contributed by atoms with Crippen LogP contribution < -0.4 is 0 Å². The minimum atomic E-state index is -0.638. The molecule has 0 radical (unpaired) electrons. The number of ketones is 1. The van der Waals surface area contributed by atoms with Crippen LogP contribution in [-0.2, 0) is 14.3 Å². The minimum absolute atomic E-state index is 0.0219. The monoisotopic (exact) mass is 436 g/mol. The zero-order valence-corrected chi connectivity index (χ0v) is 18.6. The van der Waals surface area contributed by atoms with Gasteiger partial charge in [0, 0.05) is 46.7 Å². The van der Waals surface area contributed by atoms with Crippen molar-refractivity contribution in [3.05, 3.63) is 76.2 Å². The SMILES string of the molecule is CC1=NC2=C(C(=O)C[C@@H](c3ccc(Cl)cc3)C2)[C@H](c2cccnc2)C1C(=O)OC(C)C. The lowest BCUT2D eigenvalue weighted by Crippen LogP contribution is -2.38. The fraction of sp³-hybridized carbons (Fsp3) is 0.360. The van der Waals surface area contributed by atoms with Crippen molar-refractivity contribution < 1.29 is 14.3 Å². The lowest BCUT2D eigenvalue weighted by atomic mass is 9.69. The van der Waals surface area contributed by atoms with Crippen molar-refractivity contribution in [2.24, 2.45) is 10.9 Å². The largest absolute Gasteiger partial charge is 0.462 e. The summed E-state index contributed by atoms with van der Waals surface area (Å²) in [5, 5.41) is 0.667. The van der Waals surface area contributed by atoms with E-state index in [1.54, 1.807) is 12.4 Å². The highest BCUT2D eigenvalue weighted by Gasteiger charge is 2.45. The number of Topliss-reactive ketones (excluding diaryl/α,β-unsaturated/α-hetero) is 1. The standard InChI is InChI=1S/C25H25ClN2O3/c1-14(2)31-25(30)22-15(3)28-20-11-18(16-6-8-19(26)9-7-16)12-21(29)24(20)23(22)17-5-4-10-27-13-17/h4-10,13-14,18,22-23H,11-12H2,1-3H3/t18-,22?,23+/m0/s1. The van der Waals surface area contributed by atoms with E-state index in [0.29, 0.717) is 29.1 Å². The molecular formula is C25H25ClN2O3. The van der Waals surface area contributed by atoms with Gasteiger partial charge in [-0.2, -0.15) is 0 Å². The molecule has 2 aromatic rings. The number of hydrogen-bond acceptors (Lipinski definition) is 5. The molecule has 1 aliphatic heterocycles.